The second kappa shape index (κ2) is 8.73. The second-order valence-electron chi connectivity index (χ2n) is 6.64. The summed E-state index contributed by atoms with van der Waals surface area (Å²) >= 11 is 7.72. The molecule has 1 amide bonds. The van der Waals surface area contributed by atoms with Crippen LogP contribution in [0.5, 0.6) is 0 Å². The molecule has 138 valence electrons. The third-order valence-electron chi connectivity index (χ3n) is 4.09. The number of nitrogens with zero attached hydrogens (tertiary/aromatic N) is 3. The fourth-order valence-electron chi connectivity index (χ4n) is 2.80. The molecule has 0 bridgehead atoms. The zero-order chi connectivity index (χ0) is 18.5. The molecule has 1 aromatic carbocycles. The maximum atomic E-state index is 12.0. The van der Waals surface area contributed by atoms with E-state index in [9.17, 15) is 4.79 Å². The van der Waals surface area contributed by atoms with Crippen LogP contribution in [0.25, 0.3) is 0 Å². The number of carbonyl (C=O) groups excluding carboxylic acids is 1. The van der Waals surface area contributed by atoms with Crippen molar-refractivity contribution in [2.45, 2.75) is 43.6 Å². The van der Waals surface area contributed by atoms with E-state index in [1.54, 1.807) is 11.8 Å². The predicted molar refractivity (Wildman–Crippen MR) is 107 cm³/mol. The first-order chi connectivity index (χ1) is 12.5. The molecule has 5 nitrogen and oxygen atoms in total. The predicted octanol–water partition coefficient (Wildman–Crippen LogP) is 4.16. The van der Waals surface area contributed by atoms with E-state index in [1.807, 2.05) is 44.2 Å². The molecular formula is C19H23ClN4OS. The Balaban J connectivity index is 1.62. The summed E-state index contributed by atoms with van der Waals surface area (Å²) in [6.07, 6.45) is 2.39. The van der Waals surface area contributed by atoms with E-state index in [1.165, 1.54) is 12.8 Å². The summed E-state index contributed by atoms with van der Waals surface area (Å²) < 4.78 is 0. The molecule has 0 unspecified atom stereocenters. The minimum absolute atomic E-state index is 0.0485. The Bertz CT molecular complexity index is 761. The van der Waals surface area contributed by atoms with Gasteiger partial charge in [-0.15, -0.1) is 0 Å². The molecule has 0 saturated carbocycles. The lowest BCUT2D eigenvalue weighted by Gasteiger charge is -2.16. The number of carbonyl (C=O) groups is 1. The first-order valence-electron chi connectivity index (χ1n) is 8.83. The quantitative estimate of drug-likeness (QED) is 0.456. The number of aromatic nitrogens is 2. The topological polar surface area (TPSA) is 58.1 Å². The van der Waals surface area contributed by atoms with Gasteiger partial charge in [-0.3, -0.25) is 4.79 Å². The van der Waals surface area contributed by atoms with Crippen molar-refractivity contribution in [1.29, 1.82) is 0 Å². The summed E-state index contributed by atoms with van der Waals surface area (Å²) in [5.41, 5.74) is 1.78. The highest BCUT2D eigenvalue weighted by Crippen LogP contribution is 2.26. The van der Waals surface area contributed by atoms with Gasteiger partial charge in [-0.05, 0) is 44.4 Å². The average Bonchev–Trinajstić information content (AvgIpc) is 3.14. The van der Waals surface area contributed by atoms with Crippen LogP contribution in [0.2, 0.25) is 5.15 Å². The summed E-state index contributed by atoms with van der Waals surface area (Å²) in [4.78, 5) is 23.2. The average molecular weight is 391 g/mol. The summed E-state index contributed by atoms with van der Waals surface area (Å²) in [6.45, 7) is 5.95. The molecule has 1 fully saturated rings. The van der Waals surface area contributed by atoms with Crippen LogP contribution in [0.1, 0.15) is 42.6 Å². The van der Waals surface area contributed by atoms with Gasteiger partial charge in [0.05, 0.1) is 0 Å². The highest BCUT2D eigenvalue weighted by atomic mass is 35.5. The molecule has 0 aliphatic carbocycles. The number of hydrogen-bond donors (Lipinski definition) is 1. The standard InChI is InChI=1S/C19H23ClN4OS/c1-13(2)21-18(25)15-7-5-14(6-8-15)12-26-19-22-16(20)11-17(23-19)24-9-3-4-10-24/h5-8,11,13H,3-4,9-10,12H2,1-2H3,(H,21,25). The van der Waals surface area contributed by atoms with Crippen molar-refractivity contribution in [2.24, 2.45) is 0 Å². The number of amides is 1. The highest BCUT2D eigenvalue weighted by Gasteiger charge is 2.15. The van der Waals surface area contributed by atoms with Crippen molar-refractivity contribution in [1.82, 2.24) is 15.3 Å². The number of thioether (sulfide) groups is 1. The molecule has 1 aliphatic rings. The van der Waals surface area contributed by atoms with E-state index in [-0.39, 0.29) is 11.9 Å². The zero-order valence-corrected chi connectivity index (χ0v) is 16.6. The van der Waals surface area contributed by atoms with Gasteiger partial charge in [-0.25, -0.2) is 9.97 Å². The Morgan fingerprint density at radius 3 is 2.58 bits per heavy atom. The number of benzene rings is 1. The van der Waals surface area contributed by atoms with Crippen LogP contribution >= 0.6 is 23.4 Å². The van der Waals surface area contributed by atoms with Crippen LogP contribution in [-0.4, -0.2) is 35.0 Å². The Kier molecular flexibility index (Phi) is 6.38. The van der Waals surface area contributed by atoms with E-state index in [0.717, 1.165) is 30.2 Å². The van der Waals surface area contributed by atoms with Crippen LogP contribution in [0.4, 0.5) is 5.82 Å². The van der Waals surface area contributed by atoms with E-state index < -0.39 is 0 Å². The first kappa shape index (κ1) is 19.0. The summed E-state index contributed by atoms with van der Waals surface area (Å²) in [5.74, 6) is 1.59. The van der Waals surface area contributed by atoms with Gasteiger partial charge < -0.3 is 10.2 Å². The summed E-state index contributed by atoms with van der Waals surface area (Å²) in [7, 11) is 0. The lowest BCUT2D eigenvalue weighted by molar-refractivity contribution is 0.0943. The lowest BCUT2D eigenvalue weighted by Crippen LogP contribution is -2.29. The Labute approximate surface area is 163 Å². The molecule has 1 aromatic heterocycles. The molecular weight excluding hydrogens is 368 g/mol. The maximum Gasteiger partial charge on any atom is 0.251 e. The van der Waals surface area contributed by atoms with Crippen molar-refractivity contribution < 1.29 is 4.79 Å². The fourth-order valence-corrected chi connectivity index (χ4v) is 3.84. The van der Waals surface area contributed by atoms with E-state index in [4.69, 9.17) is 11.6 Å². The third kappa shape index (κ3) is 5.11. The zero-order valence-electron chi connectivity index (χ0n) is 15.0. The van der Waals surface area contributed by atoms with Crippen molar-refractivity contribution in [3.8, 4) is 0 Å². The van der Waals surface area contributed by atoms with Crippen LogP contribution < -0.4 is 10.2 Å². The molecule has 0 radical (unpaired) electrons. The number of anilines is 1. The number of halogens is 1. The summed E-state index contributed by atoms with van der Waals surface area (Å²) in [5, 5.41) is 4.05. The van der Waals surface area contributed by atoms with Gasteiger partial charge in [0.1, 0.15) is 11.0 Å². The lowest BCUT2D eigenvalue weighted by atomic mass is 10.1. The van der Waals surface area contributed by atoms with Gasteiger partial charge in [0.2, 0.25) is 0 Å². The van der Waals surface area contributed by atoms with Crippen molar-refractivity contribution in [3.63, 3.8) is 0 Å². The Morgan fingerprint density at radius 1 is 1.23 bits per heavy atom. The first-order valence-corrected chi connectivity index (χ1v) is 10.2. The molecule has 2 heterocycles. The van der Waals surface area contributed by atoms with Gasteiger partial charge in [0.15, 0.2) is 5.16 Å². The van der Waals surface area contributed by atoms with Gasteiger partial charge in [0.25, 0.3) is 5.91 Å². The largest absolute Gasteiger partial charge is 0.356 e. The minimum atomic E-state index is -0.0485. The fraction of sp³-hybridized carbons (Fsp3) is 0.421. The van der Waals surface area contributed by atoms with Crippen LogP contribution in [0, 0.1) is 0 Å². The van der Waals surface area contributed by atoms with Crippen LogP contribution in [0.15, 0.2) is 35.5 Å². The maximum absolute atomic E-state index is 12.0. The van der Waals surface area contributed by atoms with Crippen molar-refractivity contribution in [2.75, 3.05) is 18.0 Å². The molecule has 1 aliphatic heterocycles. The van der Waals surface area contributed by atoms with Crippen LogP contribution in [-0.2, 0) is 5.75 Å². The van der Waals surface area contributed by atoms with Gasteiger partial charge in [0, 0.05) is 36.5 Å². The molecule has 1 saturated heterocycles. The van der Waals surface area contributed by atoms with Crippen molar-refractivity contribution >= 4 is 35.1 Å². The number of rotatable bonds is 6. The monoisotopic (exact) mass is 390 g/mol. The Hall–Kier alpha value is -1.79. The van der Waals surface area contributed by atoms with Gasteiger partial charge >= 0.3 is 0 Å². The molecule has 0 atom stereocenters. The molecule has 1 N–H and O–H groups in total. The van der Waals surface area contributed by atoms with E-state index >= 15 is 0 Å². The third-order valence-corrected chi connectivity index (χ3v) is 5.21. The molecule has 7 heteroatoms. The molecule has 26 heavy (non-hydrogen) atoms. The summed E-state index contributed by atoms with van der Waals surface area (Å²) in [6, 6.07) is 9.59. The molecule has 0 spiro atoms. The van der Waals surface area contributed by atoms with Crippen molar-refractivity contribution in [3.05, 3.63) is 46.6 Å². The molecule has 3 rings (SSSR count). The van der Waals surface area contributed by atoms with Gasteiger partial charge in [-0.2, -0.15) is 0 Å². The second-order valence-corrected chi connectivity index (χ2v) is 7.97. The minimum Gasteiger partial charge on any atom is -0.356 e. The SMILES string of the molecule is CC(C)NC(=O)c1ccc(CSc2nc(Cl)cc(N3CCCC3)n2)cc1. The Morgan fingerprint density at radius 2 is 1.92 bits per heavy atom. The number of nitrogens with one attached hydrogen (secondary N) is 1. The molecule has 2 aromatic rings. The smallest absolute Gasteiger partial charge is 0.251 e. The number of hydrogen-bond acceptors (Lipinski definition) is 5. The highest BCUT2D eigenvalue weighted by molar-refractivity contribution is 7.98. The van der Waals surface area contributed by atoms with Gasteiger partial charge in [-0.1, -0.05) is 35.5 Å². The normalized spacial score (nSPS) is 14.1. The van der Waals surface area contributed by atoms with E-state index in [2.05, 4.69) is 20.2 Å². The van der Waals surface area contributed by atoms with Crippen LogP contribution in [0.3, 0.4) is 0 Å². The van der Waals surface area contributed by atoms with E-state index in [0.29, 0.717) is 15.9 Å².